The van der Waals surface area contributed by atoms with Gasteiger partial charge in [-0.15, -0.1) is 48.1 Å². The van der Waals surface area contributed by atoms with E-state index in [1.807, 2.05) is 18.3 Å². The van der Waals surface area contributed by atoms with Gasteiger partial charge in [0.05, 0.1) is 11.0 Å². The van der Waals surface area contributed by atoms with Gasteiger partial charge in [-0.3, -0.25) is 0 Å². The van der Waals surface area contributed by atoms with Gasteiger partial charge in [-0.1, -0.05) is 165 Å². The van der Waals surface area contributed by atoms with Gasteiger partial charge in [0.2, 0.25) is 0 Å². The van der Waals surface area contributed by atoms with Gasteiger partial charge in [-0.2, -0.15) is 12.1 Å². The van der Waals surface area contributed by atoms with E-state index in [1.165, 1.54) is 54.8 Å². The fraction of sp³-hybridized carbons (Fsp3) is 0.171. The average molecular weight is 1180 g/mol. The second-order valence-electron chi connectivity index (χ2n) is 23.5. The molecule has 0 N–H and O–H groups in total. The van der Waals surface area contributed by atoms with Crippen LogP contribution in [0.25, 0.3) is 77.0 Å². The van der Waals surface area contributed by atoms with Gasteiger partial charge in [-0.25, -0.2) is 4.98 Å². The van der Waals surface area contributed by atoms with Crippen molar-refractivity contribution in [3.63, 3.8) is 0 Å². The average Bonchev–Trinajstić information content (AvgIpc) is 4.32. The smallest absolute Gasteiger partial charge is 0.135 e. The first-order valence-electron chi connectivity index (χ1n) is 26.4. The standard InChI is InChI=1S/C70H60N5O.Pt/c1-68(2,3)46-35-36-71-66(40-46)75-63-34-31-50(74-61-28-14-12-24-56(61)57-25-13-15-29-62(57)74)42-60(63)58-33-32-53(43-65(58)75)76-52-22-17-21-49(41-52)72-44-73(51-38-47(69(4,5)6)37-48(39-51)70(7,8)9)67-59(27-18-30-64(67)72)55-26-16-20-45-19-10-11-23-54(45)55;/h10-40,42,44H,1-9H3;/q-3;. The fourth-order valence-electron chi connectivity index (χ4n) is 11.2. The molecule has 0 radical (unpaired) electrons. The third kappa shape index (κ3) is 8.68. The predicted octanol–water partition coefficient (Wildman–Crippen LogP) is 18.8. The molecule has 7 heteroatoms. The number of hydrogen-bond acceptors (Lipinski definition) is 4. The molecule has 0 fully saturated rings. The number of hydrogen-bond donors (Lipinski definition) is 0. The molecule has 0 atom stereocenters. The SMILES string of the molecule is CC(C)(C)c1cc(N2[CH-]N(c3[c-]c(Oc4[c-]c5c(cc4)c4cc(-n6c7ccccc7c7ccccc76)ccc4n5-c4cc(C(C)(C)C)ccn4)ccc3)c3cccc(-c4cccc5ccccc45)c32)cc(C(C)(C)C)c1.[Pt]. The quantitative estimate of drug-likeness (QED) is 0.149. The van der Waals surface area contributed by atoms with Crippen LogP contribution < -0.4 is 14.5 Å². The number of anilines is 4. The predicted molar refractivity (Wildman–Crippen MR) is 318 cm³/mol. The maximum Gasteiger partial charge on any atom is 0.135 e. The molecule has 4 heterocycles. The van der Waals surface area contributed by atoms with Crippen LogP contribution in [0, 0.1) is 18.8 Å². The molecule has 0 amide bonds. The largest absolute Gasteiger partial charge is 0.509 e. The number of benzene rings is 9. The van der Waals surface area contributed by atoms with Crippen molar-refractivity contribution >= 4 is 77.1 Å². The van der Waals surface area contributed by atoms with Crippen molar-refractivity contribution in [3.05, 3.63) is 230 Å². The number of aromatic nitrogens is 3. The van der Waals surface area contributed by atoms with Crippen LogP contribution in [-0.4, -0.2) is 14.1 Å². The second-order valence-corrected chi connectivity index (χ2v) is 23.5. The molecule has 3 aromatic heterocycles. The Balaban J connectivity index is 0.00000596. The Kier molecular flexibility index (Phi) is 12.1. The molecule has 0 spiro atoms. The minimum Gasteiger partial charge on any atom is -0.509 e. The Labute approximate surface area is 466 Å². The molecule has 9 aromatic carbocycles. The minimum absolute atomic E-state index is 0. The van der Waals surface area contributed by atoms with Crippen molar-refractivity contribution in [1.29, 1.82) is 0 Å². The van der Waals surface area contributed by atoms with E-state index in [1.54, 1.807) is 0 Å². The zero-order valence-electron chi connectivity index (χ0n) is 45.0. The van der Waals surface area contributed by atoms with Crippen LogP contribution >= 0.6 is 0 Å². The molecule has 77 heavy (non-hydrogen) atoms. The third-order valence-electron chi connectivity index (χ3n) is 15.3. The van der Waals surface area contributed by atoms with E-state index in [2.05, 4.69) is 276 Å². The van der Waals surface area contributed by atoms with Crippen LogP contribution in [0.15, 0.2) is 194 Å². The monoisotopic (exact) mass is 1180 g/mol. The molecule has 1 aliphatic rings. The summed E-state index contributed by atoms with van der Waals surface area (Å²) in [5, 5.41) is 7.05. The number of fused-ring (bicyclic) bond motifs is 8. The summed E-state index contributed by atoms with van der Waals surface area (Å²) in [5.74, 6) is 2.00. The first-order valence-corrected chi connectivity index (χ1v) is 26.4. The first-order chi connectivity index (χ1) is 36.6. The fourth-order valence-corrected chi connectivity index (χ4v) is 11.2. The maximum atomic E-state index is 6.87. The molecule has 1 aliphatic heterocycles. The molecular formula is C70H60N5OPt-3. The summed E-state index contributed by atoms with van der Waals surface area (Å²) < 4.78 is 11.5. The van der Waals surface area contributed by atoms with Crippen LogP contribution in [0.2, 0.25) is 0 Å². The van der Waals surface area contributed by atoms with Gasteiger partial charge in [0.15, 0.2) is 0 Å². The van der Waals surface area contributed by atoms with Gasteiger partial charge >= 0.3 is 0 Å². The zero-order valence-corrected chi connectivity index (χ0v) is 47.3. The van der Waals surface area contributed by atoms with E-state index in [-0.39, 0.29) is 37.3 Å². The number of pyridine rings is 1. The van der Waals surface area contributed by atoms with Gasteiger partial charge < -0.3 is 23.7 Å². The molecule has 0 aliphatic carbocycles. The Bertz CT molecular complexity index is 4180. The van der Waals surface area contributed by atoms with Crippen LogP contribution in [0.4, 0.5) is 22.7 Å². The minimum atomic E-state index is -0.0768. The number of nitrogens with zero attached hydrogens (tertiary/aromatic N) is 5. The van der Waals surface area contributed by atoms with E-state index >= 15 is 0 Å². The van der Waals surface area contributed by atoms with E-state index in [4.69, 9.17) is 9.72 Å². The number of ether oxygens (including phenoxy) is 1. The third-order valence-corrected chi connectivity index (χ3v) is 15.3. The summed E-state index contributed by atoms with van der Waals surface area (Å²) in [4.78, 5) is 9.65. The molecular weight excluding hydrogens is 1120 g/mol. The maximum absolute atomic E-state index is 6.87. The molecule has 0 saturated carbocycles. The van der Waals surface area contributed by atoms with E-state index in [0.717, 1.165) is 61.6 Å². The number of rotatable bonds is 7. The topological polar surface area (TPSA) is 38.5 Å². The summed E-state index contributed by atoms with van der Waals surface area (Å²) >= 11 is 0. The molecule has 13 rings (SSSR count). The van der Waals surface area contributed by atoms with Crippen molar-refractivity contribution < 1.29 is 25.8 Å². The van der Waals surface area contributed by atoms with Gasteiger partial charge in [0, 0.05) is 83.4 Å². The van der Waals surface area contributed by atoms with Crippen molar-refractivity contribution in [1.82, 2.24) is 14.1 Å². The molecule has 0 bridgehead atoms. The summed E-state index contributed by atoms with van der Waals surface area (Å²) in [6, 6.07) is 75.3. The van der Waals surface area contributed by atoms with Gasteiger partial charge in [-0.05, 0) is 115 Å². The summed E-state index contributed by atoms with van der Waals surface area (Å²) in [7, 11) is 0. The second kappa shape index (κ2) is 18.7. The molecule has 12 aromatic rings. The summed E-state index contributed by atoms with van der Waals surface area (Å²) in [5.41, 5.74) is 15.4. The summed E-state index contributed by atoms with van der Waals surface area (Å²) in [6.07, 6.45) is 1.92. The molecule has 0 unspecified atom stereocenters. The van der Waals surface area contributed by atoms with E-state index < -0.39 is 0 Å². The Morgan fingerprint density at radius 3 is 1.77 bits per heavy atom. The Morgan fingerprint density at radius 1 is 0.442 bits per heavy atom. The zero-order chi connectivity index (χ0) is 52.3. The van der Waals surface area contributed by atoms with E-state index in [9.17, 15) is 0 Å². The van der Waals surface area contributed by atoms with Crippen LogP contribution in [0.5, 0.6) is 11.5 Å². The summed E-state index contributed by atoms with van der Waals surface area (Å²) in [6.45, 7) is 22.8. The Hall–Kier alpha value is -7.92. The Morgan fingerprint density at radius 2 is 1.05 bits per heavy atom. The molecule has 6 nitrogen and oxygen atoms in total. The van der Waals surface area contributed by atoms with Crippen molar-refractivity contribution in [2.75, 3.05) is 9.80 Å². The van der Waals surface area contributed by atoms with Crippen LogP contribution in [0.1, 0.15) is 79.0 Å². The first kappa shape index (κ1) is 49.9. The van der Waals surface area contributed by atoms with Crippen molar-refractivity contribution in [3.8, 4) is 34.1 Å². The molecule has 0 saturated heterocycles. The van der Waals surface area contributed by atoms with Crippen LogP contribution in [-0.2, 0) is 37.3 Å². The van der Waals surface area contributed by atoms with Crippen molar-refractivity contribution in [2.45, 2.75) is 78.6 Å². The van der Waals surface area contributed by atoms with Gasteiger partial charge in [0.25, 0.3) is 0 Å². The molecule has 384 valence electrons. The van der Waals surface area contributed by atoms with E-state index in [0.29, 0.717) is 11.5 Å². The van der Waals surface area contributed by atoms with Crippen LogP contribution in [0.3, 0.4) is 0 Å². The van der Waals surface area contributed by atoms with Gasteiger partial charge in [0.1, 0.15) is 5.82 Å². The number of para-hydroxylation sites is 3. The normalized spacial score (nSPS) is 13.1. The van der Waals surface area contributed by atoms with Crippen molar-refractivity contribution in [2.24, 2.45) is 0 Å².